The molecule has 1 aliphatic carbocycles. The predicted octanol–water partition coefficient (Wildman–Crippen LogP) is -0.572. The highest BCUT2D eigenvalue weighted by molar-refractivity contribution is 6.05. The number of aldehydes is 1. The van der Waals surface area contributed by atoms with Gasteiger partial charge in [-0.1, -0.05) is 6.08 Å². The maximum absolute atomic E-state index is 12.7. The summed E-state index contributed by atoms with van der Waals surface area (Å²) >= 11 is 0. The van der Waals surface area contributed by atoms with Gasteiger partial charge < -0.3 is 20.0 Å². The average molecular weight is 350 g/mol. The van der Waals surface area contributed by atoms with Gasteiger partial charge in [-0.05, 0) is 25.8 Å². The molecule has 0 aromatic heterocycles. The zero-order valence-corrected chi connectivity index (χ0v) is 13.5. The molecule has 0 aromatic carbocycles. The molecule has 25 heavy (non-hydrogen) atoms. The Morgan fingerprint density at radius 1 is 1.48 bits per heavy atom. The lowest BCUT2D eigenvalue weighted by atomic mass is 9.76. The summed E-state index contributed by atoms with van der Waals surface area (Å²) < 4.78 is 5.13. The second-order valence-electron chi connectivity index (χ2n) is 6.04. The van der Waals surface area contributed by atoms with Crippen molar-refractivity contribution in [2.24, 2.45) is 5.41 Å². The zero-order valence-electron chi connectivity index (χ0n) is 13.5. The van der Waals surface area contributed by atoms with Crippen molar-refractivity contribution in [2.75, 3.05) is 6.61 Å². The van der Waals surface area contributed by atoms with E-state index in [1.165, 1.54) is 13.0 Å². The molecule has 9 nitrogen and oxygen atoms in total. The molecule has 2 atom stereocenters. The molecule has 2 rings (SSSR count). The minimum Gasteiger partial charge on any atom is -0.481 e. The summed E-state index contributed by atoms with van der Waals surface area (Å²) in [6.45, 7) is 0.844. The molecule has 134 valence electrons. The van der Waals surface area contributed by atoms with Crippen LogP contribution < -0.4 is 10.6 Å². The van der Waals surface area contributed by atoms with Crippen molar-refractivity contribution in [3.05, 3.63) is 23.5 Å². The van der Waals surface area contributed by atoms with Gasteiger partial charge in [0.2, 0.25) is 11.8 Å². The number of carbonyl (C=O) groups is 5. The number of carboxylic acids is 1. The summed E-state index contributed by atoms with van der Waals surface area (Å²) in [6, 6.07) is -0.916. The van der Waals surface area contributed by atoms with Gasteiger partial charge in [-0.15, -0.1) is 0 Å². The predicted molar refractivity (Wildman–Crippen MR) is 82.9 cm³/mol. The lowest BCUT2D eigenvalue weighted by Gasteiger charge is -2.31. The Morgan fingerprint density at radius 2 is 2.20 bits per heavy atom. The van der Waals surface area contributed by atoms with E-state index in [-0.39, 0.29) is 30.6 Å². The summed E-state index contributed by atoms with van der Waals surface area (Å²) in [4.78, 5) is 57.9. The van der Waals surface area contributed by atoms with E-state index < -0.39 is 41.8 Å². The zero-order chi connectivity index (χ0) is 18.6. The molecule has 0 radical (unpaired) electrons. The van der Waals surface area contributed by atoms with E-state index in [9.17, 15) is 24.0 Å². The normalized spacial score (nSPS) is 26.0. The summed E-state index contributed by atoms with van der Waals surface area (Å²) in [5, 5.41) is 13.4. The molecule has 1 heterocycles. The smallest absolute Gasteiger partial charge is 0.341 e. The fourth-order valence-electron chi connectivity index (χ4n) is 2.68. The Hall–Kier alpha value is -2.97. The third-order valence-electron chi connectivity index (χ3n) is 4.01. The molecule has 0 aromatic rings. The Bertz CT molecular complexity index is 695. The minimum atomic E-state index is -1.23. The Balaban J connectivity index is 2.27. The monoisotopic (exact) mass is 350 g/mol. The number of hydrogen-bond donors (Lipinski definition) is 3. The van der Waals surface area contributed by atoms with Crippen LogP contribution in [0.15, 0.2) is 23.5 Å². The van der Waals surface area contributed by atoms with E-state index in [0.29, 0.717) is 6.29 Å². The third kappa shape index (κ3) is 4.11. The maximum atomic E-state index is 12.7. The first kappa shape index (κ1) is 18.4. The first-order valence-corrected chi connectivity index (χ1v) is 7.63. The van der Waals surface area contributed by atoms with Crippen molar-refractivity contribution >= 4 is 30.0 Å². The number of ether oxygens (including phenoxy) is 1. The van der Waals surface area contributed by atoms with Crippen LogP contribution in [0.3, 0.4) is 0 Å². The van der Waals surface area contributed by atoms with Crippen molar-refractivity contribution in [2.45, 2.75) is 32.2 Å². The fraction of sp³-hybridized carbons (Fsp3) is 0.438. The van der Waals surface area contributed by atoms with Gasteiger partial charge in [0.1, 0.15) is 18.1 Å². The number of piperidine rings is 1. The van der Waals surface area contributed by atoms with Crippen LogP contribution in [0.4, 0.5) is 0 Å². The molecule has 1 saturated heterocycles. The Morgan fingerprint density at radius 3 is 2.80 bits per heavy atom. The number of hydrogen-bond acceptors (Lipinski definition) is 6. The first-order valence-electron chi connectivity index (χ1n) is 7.63. The topological polar surface area (TPSA) is 139 Å². The third-order valence-corrected chi connectivity index (χ3v) is 4.01. The lowest BCUT2D eigenvalue weighted by Crippen LogP contribution is -2.53. The average Bonchev–Trinajstić information content (AvgIpc) is 2.55. The number of amides is 3. The first-order chi connectivity index (χ1) is 11.8. The molecular formula is C16H18N2O7. The largest absolute Gasteiger partial charge is 0.481 e. The number of aliphatic carboxylic acids is 1. The van der Waals surface area contributed by atoms with E-state index in [1.807, 2.05) is 0 Å². The number of allylic oxidation sites excluding steroid dienone is 2. The molecule has 0 bridgehead atoms. The highest BCUT2D eigenvalue weighted by atomic mass is 16.5. The molecule has 1 aliphatic heterocycles. The van der Waals surface area contributed by atoms with Crippen LogP contribution in [0.25, 0.3) is 0 Å². The van der Waals surface area contributed by atoms with Crippen LogP contribution in [0.5, 0.6) is 0 Å². The highest BCUT2D eigenvalue weighted by Gasteiger charge is 2.39. The molecule has 2 unspecified atom stereocenters. The van der Waals surface area contributed by atoms with E-state index in [1.54, 1.807) is 6.08 Å². The van der Waals surface area contributed by atoms with Crippen LogP contribution in [-0.2, 0) is 28.7 Å². The van der Waals surface area contributed by atoms with Gasteiger partial charge in [0.25, 0.3) is 5.91 Å². The van der Waals surface area contributed by atoms with Crippen molar-refractivity contribution < 1.29 is 33.8 Å². The molecule has 3 N–H and O–H groups in total. The van der Waals surface area contributed by atoms with E-state index in [0.717, 1.165) is 0 Å². The molecular weight excluding hydrogens is 332 g/mol. The second-order valence-corrected chi connectivity index (χ2v) is 6.04. The number of carboxylic acid groups (broad SMARTS) is 1. The fourth-order valence-corrected chi connectivity index (χ4v) is 2.68. The van der Waals surface area contributed by atoms with Crippen LogP contribution in [0.1, 0.15) is 26.2 Å². The van der Waals surface area contributed by atoms with Crippen molar-refractivity contribution in [3.8, 4) is 0 Å². The lowest BCUT2D eigenvalue weighted by molar-refractivity contribution is -0.141. The van der Waals surface area contributed by atoms with E-state index >= 15 is 0 Å². The van der Waals surface area contributed by atoms with Gasteiger partial charge in [-0.25, -0.2) is 4.79 Å². The molecule has 0 spiro atoms. The quantitative estimate of drug-likeness (QED) is 0.430. The second kappa shape index (κ2) is 7.29. The standard InChI is InChI=1S/C16H18N2O7/c1-16(8-19)6-2-3-10(25-7-12(21)22)13(16)15(24)17-9-4-5-11(20)18-14(9)23/h2-3,8-9H,4-7H2,1H3,(H,17,24)(H,21,22)(H,18,20,23). The van der Waals surface area contributed by atoms with Crippen LogP contribution in [-0.4, -0.2) is 47.7 Å². The summed E-state index contributed by atoms with van der Waals surface area (Å²) in [7, 11) is 0. The Labute approximate surface area is 143 Å². The van der Waals surface area contributed by atoms with Crippen LogP contribution in [0.2, 0.25) is 0 Å². The number of nitrogens with one attached hydrogen (secondary N) is 2. The van der Waals surface area contributed by atoms with Gasteiger partial charge >= 0.3 is 5.97 Å². The number of rotatable bonds is 6. The van der Waals surface area contributed by atoms with Crippen molar-refractivity contribution in [1.82, 2.24) is 10.6 Å². The van der Waals surface area contributed by atoms with Crippen LogP contribution in [0, 0.1) is 5.41 Å². The summed E-state index contributed by atoms with van der Waals surface area (Å²) in [5.74, 6) is -3.03. The summed E-state index contributed by atoms with van der Waals surface area (Å²) in [5.41, 5.74) is -1.26. The maximum Gasteiger partial charge on any atom is 0.341 e. The molecule has 1 fully saturated rings. The molecule has 9 heteroatoms. The Kier molecular flexibility index (Phi) is 5.35. The van der Waals surface area contributed by atoms with Crippen molar-refractivity contribution in [1.29, 1.82) is 0 Å². The van der Waals surface area contributed by atoms with E-state index in [2.05, 4.69) is 10.6 Å². The van der Waals surface area contributed by atoms with Gasteiger partial charge in [0, 0.05) is 6.42 Å². The molecule has 3 amide bonds. The number of carbonyl (C=O) groups excluding carboxylic acids is 4. The van der Waals surface area contributed by atoms with Gasteiger partial charge in [-0.2, -0.15) is 0 Å². The molecule has 2 aliphatic rings. The van der Waals surface area contributed by atoms with Gasteiger partial charge in [-0.3, -0.25) is 19.7 Å². The van der Waals surface area contributed by atoms with Gasteiger partial charge in [0.15, 0.2) is 6.61 Å². The van der Waals surface area contributed by atoms with E-state index in [4.69, 9.17) is 9.84 Å². The molecule has 0 saturated carbocycles. The van der Waals surface area contributed by atoms with Crippen molar-refractivity contribution in [3.63, 3.8) is 0 Å². The SMILES string of the molecule is CC1(C=O)CC=CC(OCC(=O)O)=C1C(=O)NC1CCC(=O)NC1=O. The highest BCUT2D eigenvalue weighted by Crippen LogP contribution is 2.36. The van der Waals surface area contributed by atoms with Gasteiger partial charge in [0.05, 0.1) is 11.0 Å². The van der Waals surface area contributed by atoms with Crippen LogP contribution >= 0.6 is 0 Å². The number of imide groups is 1. The minimum absolute atomic E-state index is 0.0342. The summed E-state index contributed by atoms with van der Waals surface area (Å²) in [6.07, 6.45) is 4.07.